The summed E-state index contributed by atoms with van der Waals surface area (Å²) < 4.78 is 5.67. The minimum absolute atomic E-state index is 0.000599. The molecule has 3 heterocycles. The van der Waals surface area contributed by atoms with Crippen molar-refractivity contribution in [3.63, 3.8) is 0 Å². The van der Waals surface area contributed by atoms with E-state index in [0.29, 0.717) is 18.8 Å². The molecule has 1 aliphatic rings. The molecule has 5 nitrogen and oxygen atoms in total. The van der Waals surface area contributed by atoms with Gasteiger partial charge in [-0.25, -0.2) is 0 Å². The summed E-state index contributed by atoms with van der Waals surface area (Å²) in [6.45, 7) is 1.96. The summed E-state index contributed by atoms with van der Waals surface area (Å²) >= 11 is 0. The third-order valence-corrected chi connectivity index (χ3v) is 3.66. The lowest BCUT2D eigenvalue weighted by molar-refractivity contribution is 0.0503. The number of H-pyrrole nitrogens is 1. The molecular formula is C16H19N3O2. The molecule has 2 aromatic rings. The minimum Gasteiger partial charge on any atom is -0.376 e. The first-order valence-electron chi connectivity index (χ1n) is 7.26. The van der Waals surface area contributed by atoms with E-state index in [1.165, 1.54) is 0 Å². The Morgan fingerprint density at radius 3 is 3.05 bits per heavy atom. The van der Waals surface area contributed by atoms with Gasteiger partial charge in [0.2, 0.25) is 0 Å². The van der Waals surface area contributed by atoms with E-state index in [-0.39, 0.29) is 12.0 Å². The van der Waals surface area contributed by atoms with Gasteiger partial charge >= 0.3 is 0 Å². The van der Waals surface area contributed by atoms with E-state index in [4.69, 9.17) is 4.74 Å². The second-order valence-corrected chi connectivity index (χ2v) is 5.27. The molecule has 0 aliphatic carbocycles. The Labute approximate surface area is 124 Å². The van der Waals surface area contributed by atoms with Crippen LogP contribution in [0.5, 0.6) is 0 Å². The van der Waals surface area contributed by atoms with Crippen LogP contribution in [0.25, 0.3) is 0 Å². The standard InChI is InChI=1S/C16H19N3O2/c20-16(15-6-2-8-18-15)19(12-14-5-3-9-21-14)11-13-4-1-7-17-10-13/h1-2,4,6-8,10,14,18H,3,5,9,11-12H2. The van der Waals surface area contributed by atoms with Crippen LogP contribution in [0.3, 0.4) is 0 Å². The predicted octanol–water partition coefficient (Wildman–Crippen LogP) is 2.23. The van der Waals surface area contributed by atoms with Crippen molar-refractivity contribution in [3.8, 4) is 0 Å². The molecule has 0 saturated carbocycles. The summed E-state index contributed by atoms with van der Waals surface area (Å²) in [4.78, 5) is 21.5. The highest BCUT2D eigenvalue weighted by atomic mass is 16.5. The van der Waals surface area contributed by atoms with Crippen molar-refractivity contribution in [2.45, 2.75) is 25.5 Å². The lowest BCUT2D eigenvalue weighted by Crippen LogP contribution is -2.37. The molecule has 1 fully saturated rings. The van der Waals surface area contributed by atoms with Crippen molar-refractivity contribution in [1.82, 2.24) is 14.9 Å². The van der Waals surface area contributed by atoms with Crippen molar-refractivity contribution in [2.24, 2.45) is 0 Å². The monoisotopic (exact) mass is 285 g/mol. The highest BCUT2D eigenvalue weighted by Gasteiger charge is 2.24. The van der Waals surface area contributed by atoms with Gasteiger partial charge in [-0.05, 0) is 36.6 Å². The lowest BCUT2D eigenvalue weighted by Gasteiger charge is -2.25. The molecule has 110 valence electrons. The molecule has 0 bridgehead atoms. The van der Waals surface area contributed by atoms with E-state index in [0.717, 1.165) is 25.0 Å². The van der Waals surface area contributed by atoms with Crippen molar-refractivity contribution < 1.29 is 9.53 Å². The van der Waals surface area contributed by atoms with Crippen LogP contribution in [0, 0.1) is 0 Å². The zero-order valence-corrected chi connectivity index (χ0v) is 11.9. The smallest absolute Gasteiger partial charge is 0.270 e. The Balaban J connectivity index is 1.75. The number of aromatic amines is 1. The minimum atomic E-state index is -0.000599. The van der Waals surface area contributed by atoms with E-state index in [2.05, 4.69) is 9.97 Å². The van der Waals surface area contributed by atoms with Crippen LogP contribution >= 0.6 is 0 Å². The molecule has 0 aromatic carbocycles. The number of amides is 1. The first kappa shape index (κ1) is 13.8. The van der Waals surface area contributed by atoms with Gasteiger partial charge in [-0.3, -0.25) is 9.78 Å². The Hall–Kier alpha value is -2.14. The topological polar surface area (TPSA) is 58.2 Å². The normalized spacial score (nSPS) is 17.8. The lowest BCUT2D eigenvalue weighted by atomic mass is 10.2. The van der Waals surface area contributed by atoms with Gasteiger partial charge in [0.25, 0.3) is 5.91 Å². The fraction of sp³-hybridized carbons (Fsp3) is 0.375. The van der Waals surface area contributed by atoms with Gasteiger partial charge in [-0.15, -0.1) is 0 Å². The molecule has 1 aliphatic heterocycles. The zero-order valence-electron chi connectivity index (χ0n) is 11.9. The molecule has 3 rings (SSSR count). The summed E-state index contributed by atoms with van der Waals surface area (Å²) in [6.07, 6.45) is 7.52. The van der Waals surface area contributed by atoms with Crippen molar-refractivity contribution in [1.29, 1.82) is 0 Å². The number of ether oxygens (including phenoxy) is 1. The number of rotatable bonds is 5. The number of nitrogens with one attached hydrogen (secondary N) is 1. The number of carbonyl (C=O) groups is 1. The van der Waals surface area contributed by atoms with Crippen LogP contribution in [0.4, 0.5) is 0 Å². The fourth-order valence-electron chi connectivity index (χ4n) is 2.60. The molecule has 2 aromatic heterocycles. The third kappa shape index (κ3) is 3.49. The molecule has 1 atom stereocenters. The second-order valence-electron chi connectivity index (χ2n) is 5.27. The van der Waals surface area contributed by atoms with Gasteiger partial charge in [-0.2, -0.15) is 0 Å². The highest BCUT2D eigenvalue weighted by Crippen LogP contribution is 2.16. The van der Waals surface area contributed by atoms with E-state index in [9.17, 15) is 4.79 Å². The van der Waals surface area contributed by atoms with Crippen molar-refractivity contribution in [2.75, 3.05) is 13.2 Å². The average Bonchev–Trinajstić information content (AvgIpc) is 3.20. The largest absolute Gasteiger partial charge is 0.376 e. The van der Waals surface area contributed by atoms with Crippen LogP contribution in [0.15, 0.2) is 42.9 Å². The van der Waals surface area contributed by atoms with Gasteiger partial charge < -0.3 is 14.6 Å². The van der Waals surface area contributed by atoms with Gasteiger partial charge in [-0.1, -0.05) is 6.07 Å². The average molecular weight is 285 g/mol. The van der Waals surface area contributed by atoms with E-state index in [1.54, 1.807) is 24.7 Å². The molecule has 1 saturated heterocycles. The summed E-state index contributed by atoms with van der Waals surface area (Å²) in [5.41, 5.74) is 1.63. The van der Waals surface area contributed by atoms with Gasteiger partial charge in [0, 0.05) is 38.3 Å². The molecule has 1 unspecified atom stereocenters. The zero-order chi connectivity index (χ0) is 14.5. The molecule has 1 N–H and O–H groups in total. The van der Waals surface area contributed by atoms with Gasteiger partial charge in [0.15, 0.2) is 0 Å². The van der Waals surface area contributed by atoms with Crippen LogP contribution in [0.2, 0.25) is 0 Å². The fourth-order valence-corrected chi connectivity index (χ4v) is 2.60. The Morgan fingerprint density at radius 2 is 2.38 bits per heavy atom. The summed E-state index contributed by atoms with van der Waals surface area (Å²) in [7, 11) is 0. The molecule has 1 amide bonds. The summed E-state index contributed by atoms with van der Waals surface area (Å²) in [6, 6.07) is 7.51. The molecule has 0 radical (unpaired) electrons. The number of pyridine rings is 1. The van der Waals surface area contributed by atoms with Crippen molar-refractivity contribution in [3.05, 3.63) is 54.1 Å². The number of hydrogen-bond donors (Lipinski definition) is 1. The molecule has 21 heavy (non-hydrogen) atoms. The Bertz CT molecular complexity index is 562. The van der Waals surface area contributed by atoms with Gasteiger partial charge in [0.05, 0.1) is 6.10 Å². The third-order valence-electron chi connectivity index (χ3n) is 3.66. The molecule has 0 spiro atoms. The van der Waals surface area contributed by atoms with Crippen LogP contribution in [-0.4, -0.2) is 40.0 Å². The maximum Gasteiger partial charge on any atom is 0.270 e. The summed E-state index contributed by atoms with van der Waals surface area (Å²) in [5.74, 6) is -0.000599. The van der Waals surface area contributed by atoms with Crippen LogP contribution in [0.1, 0.15) is 28.9 Å². The van der Waals surface area contributed by atoms with E-state index >= 15 is 0 Å². The quantitative estimate of drug-likeness (QED) is 0.916. The van der Waals surface area contributed by atoms with Crippen molar-refractivity contribution >= 4 is 5.91 Å². The number of aromatic nitrogens is 2. The number of carbonyl (C=O) groups excluding carboxylic acids is 1. The van der Waals surface area contributed by atoms with E-state index < -0.39 is 0 Å². The maximum atomic E-state index is 12.6. The second kappa shape index (κ2) is 6.54. The number of hydrogen-bond acceptors (Lipinski definition) is 3. The van der Waals surface area contributed by atoms with Crippen LogP contribution in [-0.2, 0) is 11.3 Å². The Kier molecular flexibility index (Phi) is 4.31. The highest BCUT2D eigenvalue weighted by molar-refractivity contribution is 5.92. The maximum absolute atomic E-state index is 12.6. The predicted molar refractivity (Wildman–Crippen MR) is 78.7 cm³/mol. The SMILES string of the molecule is O=C(c1ccc[nH]1)N(Cc1cccnc1)CC1CCCO1. The molecular weight excluding hydrogens is 266 g/mol. The van der Waals surface area contributed by atoms with E-state index in [1.807, 2.05) is 23.1 Å². The van der Waals surface area contributed by atoms with Crippen LogP contribution < -0.4 is 0 Å². The van der Waals surface area contributed by atoms with Gasteiger partial charge in [0.1, 0.15) is 5.69 Å². The molecule has 5 heteroatoms. The number of nitrogens with zero attached hydrogens (tertiary/aromatic N) is 2. The Morgan fingerprint density at radius 1 is 1.43 bits per heavy atom. The first-order chi connectivity index (χ1) is 10.3. The summed E-state index contributed by atoms with van der Waals surface area (Å²) in [5, 5.41) is 0. The first-order valence-corrected chi connectivity index (χ1v) is 7.26.